The van der Waals surface area contributed by atoms with Gasteiger partial charge in [0, 0.05) is 19.3 Å². The molecule has 2 aliphatic rings. The predicted octanol–water partition coefficient (Wildman–Crippen LogP) is 0.211. The smallest absolute Gasteiger partial charge is 0.192 e. The van der Waals surface area contributed by atoms with Crippen LogP contribution in [0.2, 0.25) is 0 Å². The summed E-state index contributed by atoms with van der Waals surface area (Å²) >= 11 is 3.36. The van der Waals surface area contributed by atoms with Crippen molar-refractivity contribution in [2.75, 3.05) is 13.1 Å². The van der Waals surface area contributed by atoms with E-state index in [0.717, 1.165) is 24.0 Å². The molecule has 2 aliphatic heterocycles. The second-order valence-electron chi connectivity index (χ2n) is 3.30. The zero-order valence-corrected chi connectivity index (χ0v) is 7.93. The molecule has 11 heavy (non-hydrogen) atoms. The van der Waals surface area contributed by atoms with Gasteiger partial charge < -0.3 is 10.2 Å². The number of hydrogen-bond acceptors (Lipinski definition) is 2. The van der Waals surface area contributed by atoms with Gasteiger partial charge in [-0.3, -0.25) is 0 Å². The Hall–Kier alpha value is -0.0900. The molecule has 1 unspecified atom stereocenters. The van der Waals surface area contributed by atoms with Crippen LogP contribution in [-0.2, 0) is 4.84 Å². The Kier molecular flexibility index (Phi) is 1.89. The van der Waals surface area contributed by atoms with Crippen molar-refractivity contribution in [3.05, 3.63) is 0 Å². The van der Waals surface area contributed by atoms with Crippen LogP contribution in [0.5, 0.6) is 0 Å². The Morgan fingerprint density at radius 2 is 2.55 bits per heavy atom. The zero-order valence-electron chi connectivity index (χ0n) is 6.35. The number of nitrogens with two attached hydrogens (primary N) is 1. The minimum Gasteiger partial charge on any atom is -0.382 e. The van der Waals surface area contributed by atoms with Crippen molar-refractivity contribution >= 4 is 20.6 Å². The lowest BCUT2D eigenvalue weighted by Crippen LogP contribution is -2.90. The minimum absolute atomic E-state index is 0.0388. The Labute approximate surface area is 74.3 Å². The molecule has 62 valence electrons. The number of piperidine rings is 1. The molecule has 0 amide bonds. The van der Waals surface area contributed by atoms with Gasteiger partial charge >= 0.3 is 0 Å². The molecule has 3 nitrogen and oxygen atoms in total. The van der Waals surface area contributed by atoms with Crippen molar-refractivity contribution in [1.29, 1.82) is 0 Å². The van der Waals surface area contributed by atoms with Gasteiger partial charge in [0.1, 0.15) is 11.2 Å². The maximum absolute atomic E-state index is 5.40. The van der Waals surface area contributed by atoms with E-state index >= 15 is 0 Å². The standard InChI is InChI=1S/C7H11BrN2O/c8-6-4-7(11-10-6)2-1-3-9-5-7/h9H,1-5H2/p+1. The summed E-state index contributed by atoms with van der Waals surface area (Å²) in [4.78, 5) is 5.40. The maximum atomic E-state index is 5.40. The van der Waals surface area contributed by atoms with Gasteiger partial charge in [0.25, 0.3) is 0 Å². The quantitative estimate of drug-likeness (QED) is 0.622. The van der Waals surface area contributed by atoms with E-state index in [2.05, 4.69) is 26.4 Å². The summed E-state index contributed by atoms with van der Waals surface area (Å²) in [5.41, 5.74) is 0.0388. The van der Waals surface area contributed by atoms with Crippen molar-refractivity contribution in [3.63, 3.8) is 0 Å². The molecule has 0 aliphatic carbocycles. The van der Waals surface area contributed by atoms with Gasteiger partial charge in [-0.1, -0.05) is 5.16 Å². The number of quaternary nitrogens is 1. The van der Waals surface area contributed by atoms with E-state index in [9.17, 15) is 0 Å². The normalized spacial score (nSPS) is 37.0. The summed E-state index contributed by atoms with van der Waals surface area (Å²) in [7, 11) is 0. The van der Waals surface area contributed by atoms with Crippen molar-refractivity contribution in [3.8, 4) is 0 Å². The highest BCUT2D eigenvalue weighted by Gasteiger charge is 2.41. The van der Waals surface area contributed by atoms with Gasteiger partial charge in [-0.15, -0.1) is 0 Å². The fourth-order valence-electron chi connectivity index (χ4n) is 1.76. The molecule has 0 aromatic carbocycles. The van der Waals surface area contributed by atoms with Crippen molar-refractivity contribution < 1.29 is 10.2 Å². The molecule has 4 heteroatoms. The predicted molar refractivity (Wildman–Crippen MR) is 45.7 cm³/mol. The summed E-state index contributed by atoms with van der Waals surface area (Å²) in [6.07, 6.45) is 3.36. The van der Waals surface area contributed by atoms with Crippen molar-refractivity contribution in [1.82, 2.24) is 0 Å². The molecule has 2 rings (SSSR count). The van der Waals surface area contributed by atoms with Crippen LogP contribution in [0.25, 0.3) is 0 Å². The van der Waals surface area contributed by atoms with Gasteiger partial charge in [-0.05, 0) is 15.9 Å². The summed E-state index contributed by atoms with van der Waals surface area (Å²) in [6, 6.07) is 0. The molecule has 0 saturated carbocycles. The van der Waals surface area contributed by atoms with Gasteiger partial charge in [0.05, 0.1) is 6.54 Å². The number of halogens is 1. The highest BCUT2D eigenvalue weighted by Crippen LogP contribution is 2.30. The van der Waals surface area contributed by atoms with E-state index in [-0.39, 0.29) is 5.60 Å². The van der Waals surface area contributed by atoms with Crippen LogP contribution in [0.3, 0.4) is 0 Å². The summed E-state index contributed by atoms with van der Waals surface area (Å²) in [6.45, 7) is 2.30. The third-order valence-electron chi connectivity index (χ3n) is 2.36. The van der Waals surface area contributed by atoms with E-state index in [4.69, 9.17) is 4.84 Å². The van der Waals surface area contributed by atoms with Crippen LogP contribution in [0.4, 0.5) is 0 Å². The first-order valence-corrected chi connectivity index (χ1v) is 4.82. The number of rotatable bonds is 0. The summed E-state index contributed by atoms with van der Waals surface area (Å²) in [5.74, 6) is 0. The zero-order chi connectivity index (χ0) is 7.73. The first kappa shape index (κ1) is 7.55. The summed E-state index contributed by atoms with van der Waals surface area (Å²) in [5, 5.41) is 6.24. The molecule has 1 atom stereocenters. The van der Waals surface area contributed by atoms with Crippen LogP contribution in [0, 0.1) is 0 Å². The van der Waals surface area contributed by atoms with E-state index in [1.54, 1.807) is 0 Å². The molecule has 1 fully saturated rings. The van der Waals surface area contributed by atoms with E-state index in [0.29, 0.717) is 0 Å². The Balaban J connectivity index is 2.01. The second kappa shape index (κ2) is 2.75. The van der Waals surface area contributed by atoms with Crippen molar-refractivity contribution in [2.24, 2.45) is 5.16 Å². The largest absolute Gasteiger partial charge is 0.382 e. The van der Waals surface area contributed by atoms with Crippen molar-refractivity contribution in [2.45, 2.75) is 24.9 Å². The van der Waals surface area contributed by atoms with E-state index < -0.39 is 0 Å². The number of nitrogens with zero attached hydrogens (tertiary/aromatic N) is 1. The lowest BCUT2D eigenvalue weighted by molar-refractivity contribution is -0.677. The molecule has 0 radical (unpaired) electrons. The molecule has 1 saturated heterocycles. The highest BCUT2D eigenvalue weighted by molar-refractivity contribution is 9.18. The molecular formula is C7H12BrN2O+. The lowest BCUT2D eigenvalue weighted by atomic mass is 9.92. The van der Waals surface area contributed by atoms with Gasteiger partial charge in [0.2, 0.25) is 0 Å². The fourth-order valence-corrected chi connectivity index (χ4v) is 2.34. The molecular weight excluding hydrogens is 208 g/mol. The molecule has 0 aromatic rings. The average Bonchev–Trinajstić information content (AvgIpc) is 2.34. The molecule has 1 spiro atoms. The first-order chi connectivity index (χ1) is 5.31. The van der Waals surface area contributed by atoms with Gasteiger partial charge in [-0.25, -0.2) is 0 Å². The third kappa shape index (κ3) is 1.42. The number of hydrogen-bond donors (Lipinski definition) is 1. The Bertz CT molecular complexity index is 187. The molecule has 0 aromatic heterocycles. The van der Waals surface area contributed by atoms with Crippen LogP contribution in [0.1, 0.15) is 19.3 Å². The Morgan fingerprint density at radius 3 is 3.09 bits per heavy atom. The molecule has 2 N–H and O–H groups in total. The minimum atomic E-state index is 0.0388. The van der Waals surface area contributed by atoms with Crippen LogP contribution >= 0.6 is 15.9 Å². The SMILES string of the molecule is BrC1=NOC2(CCC[NH2+]C2)C1. The highest BCUT2D eigenvalue weighted by atomic mass is 79.9. The third-order valence-corrected chi connectivity index (χ3v) is 2.79. The maximum Gasteiger partial charge on any atom is 0.192 e. The van der Waals surface area contributed by atoms with E-state index in [1.165, 1.54) is 13.0 Å². The number of oxime groups is 1. The summed E-state index contributed by atoms with van der Waals surface area (Å²) < 4.78 is 0.966. The van der Waals surface area contributed by atoms with Crippen LogP contribution in [-0.4, -0.2) is 23.3 Å². The molecule has 2 heterocycles. The van der Waals surface area contributed by atoms with Crippen LogP contribution < -0.4 is 5.32 Å². The van der Waals surface area contributed by atoms with E-state index in [1.807, 2.05) is 0 Å². The second-order valence-corrected chi connectivity index (χ2v) is 4.22. The fraction of sp³-hybridized carbons (Fsp3) is 0.857. The topological polar surface area (TPSA) is 38.2 Å². The van der Waals surface area contributed by atoms with Gasteiger partial charge in [-0.2, -0.15) is 0 Å². The first-order valence-electron chi connectivity index (χ1n) is 4.03. The molecule has 0 bridgehead atoms. The average molecular weight is 220 g/mol. The lowest BCUT2D eigenvalue weighted by Gasteiger charge is -2.27. The van der Waals surface area contributed by atoms with Gasteiger partial charge in [0.15, 0.2) is 5.60 Å². The monoisotopic (exact) mass is 219 g/mol. The van der Waals surface area contributed by atoms with Crippen LogP contribution in [0.15, 0.2) is 5.16 Å². The Morgan fingerprint density at radius 1 is 1.64 bits per heavy atom.